The largest absolute Gasteiger partial charge is 0.497 e. The van der Waals surface area contributed by atoms with E-state index >= 15 is 0 Å². The van der Waals surface area contributed by atoms with Gasteiger partial charge in [-0.15, -0.1) is 0 Å². The molecule has 0 aliphatic heterocycles. The molecule has 0 spiro atoms. The summed E-state index contributed by atoms with van der Waals surface area (Å²) in [6.07, 6.45) is 0.350. The van der Waals surface area contributed by atoms with E-state index < -0.39 is 0 Å². The third kappa shape index (κ3) is 3.81. The zero-order valence-electron chi connectivity index (χ0n) is 9.82. The summed E-state index contributed by atoms with van der Waals surface area (Å²) >= 11 is 0. The maximum absolute atomic E-state index is 11.0. The van der Waals surface area contributed by atoms with Crippen LogP contribution >= 0.6 is 0 Å². The van der Waals surface area contributed by atoms with Gasteiger partial charge in [-0.3, -0.25) is 4.79 Å². The Morgan fingerprint density at radius 2 is 1.94 bits per heavy atom. The maximum Gasteiger partial charge on any atom is 0.307 e. The molecule has 0 heterocycles. The molecular formula is C12H17NO3. The minimum Gasteiger partial charge on any atom is -0.497 e. The molecule has 0 radical (unpaired) electrons. The number of esters is 1. The van der Waals surface area contributed by atoms with Crippen molar-refractivity contribution in [1.29, 1.82) is 0 Å². The van der Waals surface area contributed by atoms with E-state index in [1.807, 2.05) is 31.2 Å². The van der Waals surface area contributed by atoms with Crippen LogP contribution in [0.15, 0.2) is 24.3 Å². The van der Waals surface area contributed by atoms with Gasteiger partial charge in [-0.1, -0.05) is 0 Å². The average molecular weight is 223 g/mol. The van der Waals surface area contributed by atoms with Gasteiger partial charge in [0.2, 0.25) is 0 Å². The van der Waals surface area contributed by atoms with Crippen molar-refractivity contribution in [2.75, 3.05) is 19.5 Å². The average Bonchev–Trinajstić information content (AvgIpc) is 2.29. The monoisotopic (exact) mass is 223 g/mol. The van der Waals surface area contributed by atoms with Crippen molar-refractivity contribution in [2.45, 2.75) is 19.4 Å². The predicted molar refractivity (Wildman–Crippen MR) is 62.7 cm³/mol. The molecule has 1 rings (SSSR count). The van der Waals surface area contributed by atoms with E-state index in [-0.39, 0.29) is 12.0 Å². The summed E-state index contributed by atoms with van der Waals surface area (Å²) in [4.78, 5) is 11.0. The molecule has 0 saturated heterocycles. The third-order valence-corrected chi connectivity index (χ3v) is 2.20. The third-order valence-electron chi connectivity index (χ3n) is 2.20. The summed E-state index contributed by atoms with van der Waals surface area (Å²) in [5.41, 5.74) is 0.956. The summed E-state index contributed by atoms with van der Waals surface area (Å²) in [6, 6.07) is 7.60. The second-order valence-electron chi connectivity index (χ2n) is 3.55. The molecule has 0 bridgehead atoms. The molecule has 4 nitrogen and oxygen atoms in total. The van der Waals surface area contributed by atoms with Crippen molar-refractivity contribution in [3.8, 4) is 5.75 Å². The van der Waals surface area contributed by atoms with Gasteiger partial charge in [-0.25, -0.2) is 0 Å². The van der Waals surface area contributed by atoms with Crippen LogP contribution in [0.5, 0.6) is 5.75 Å². The lowest BCUT2D eigenvalue weighted by atomic mass is 10.2. The van der Waals surface area contributed by atoms with Gasteiger partial charge in [0.1, 0.15) is 5.75 Å². The van der Waals surface area contributed by atoms with E-state index in [0.29, 0.717) is 6.42 Å². The summed E-state index contributed by atoms with van der Waals surface area (Å²) in [5.74, 6) is 0.597. The van der Waals surface area contributed by atoms with Crippen LogP contribution in [-0.2, 0) is 9.53 Å². The number of anilines is 1. The van der Waals surface area contributed by atoms with Gasteiger partial charge in [-0.2, -0.15) is 0 Å². The number of carbonyl (C=O) groups excluding carboxylic acids is 1. The molecule has 0 aliphatic carbocycles. The minimum absolute atomic E-state index is 0.0424. The van der Waals surface area contributed by atoms with Crippen molar-refractivity contribution in [1.82, 2.24) is 0 Å². The number of hydrogen-bond donors (Lipinski definition) is 1. The van der Waals surface area contributed by atoms with Crippen LogP contribution < -0.4 is 10.1 Å². The van der Waals surface area contributed by atoms with E-state index in [0.717, 1.165) is 11.4 Å². The molecule has 0 amide bonds. The number of benzene rings is 1. The van der Waals surface area contributed by atoms with Gasteiger partial charge in [0, 0.05) is 11.7 Å². The molecule has 16 heavy (non-hydrogen) atoms. The standard InChI is InChI=1S/C12H17NO3/c1-9(8-12(14)16-3)13-10-4-6-11(15-2)7-5-10/h4-7,9,13H,8H2,1-3H3/t9-/m0/s1. The van der Waals surface area contributed by atoms with Gasteiger partial charge >= 0.3 is 5.97 Å². The quantitative estimate of drug-likeness (QED) is 0.776. The van der Waals surface area contributed by atoms with Crippen molar-refractivity contribution >= 4 is 11.7 Å². The lowest BCUT2D eigenvalue weighted by molar-refractivity contribution is -0.140. The second kappa shape index (κ2) is 6.00. The Hall–Kier alpha value is -1.71. The Kier molecular flexibility index (Phi) is 4.64. The van der Waals surface area contributed by atoms with Crippen LogP contribution in [0.1, 0.15) is 13.3 Å². The molecule has 88 valence electrons. The SMILES string of the molecule is COC(=O)C[C@H](C)Nc1ccc(OC)cc1. The number of ether oxygens (including phenoxy) is 2. The molecule has 0 unspecified atom stereocenters. The van der Waals surface area contributed by atoms with Crippen molar-refractivity contribution in [3.63, 3.8) is 0 Å². The van der Waals surface area contributed by atoms with Crippen LogP contribution in [0.2, 0.25) is 0 Å². The highest BCUT2D eigenvalue weighted by atomic mass is 16.5. The molecule has 0 aromatic heterocycles. The molecular weight excluding hydrogens is 206 g/mol. The lowest BCUT2D eigenvalue weighted by Gasteiger charge is -2.14. The van der Waals surface area contributed by atoms with Gasteiger partial charge in [0.25, 0.3) is 0 Å². The summed E-state index contributed by atoms with van der Waals surface area (Å²) in [6.45, 7) is 1.93. The number of nitrogens with one attached hydrogen (secondary N) is 1. The maximum atomic E-state index is 11.0. The van der Waals surface area contributed by atoms with Gasteiger partial charge in [-0.05, 0) is 31.2 Å². The fourth-order valence-electron chi connectivity index (χ4n) is 1.36. The zero-order chi connectivity index (χ0) is 12.0. The molecule has 1 aromatic rings. The van der Waals surface area contributed by atoms with Crippen molar-refractivity contribution in [3.05, 3.63) is 24.3 Å². The first-order valence-electron chi connectivity index (χ1n) is 5.13. The Balaban J connectivity index is 2.49. The van der Waals surface area contributed by atoms with E-state index in [2.05, 4.69) is 10.1 Å². The molecule has 0 saturated carbocycles. The zero-order valence-corrected chi connectivity index (χ0v) is 9.82. The molecule has 4 heteroatoms. The second-order valence-corrected chi connectivity index (χ2v) is 3.55. The Morgan fingerprint density at radius 1 is 1.31 bits per heavy atom. The molecule has 1 aromatic carbocycles. The topological polar surface area (TPSA) is 47.6 Å². The van der Waals surface area contributed by atoms with Crippen molar-refractivity contribution < 1.29 is 14.3 Å². The predicted octanol–water partition coefficient (Wildman–Crippen LogP) is 2.06. The Labute approximate surface area is 95.6 Å². The first kappa shape index (κ1) is 12.4. The molecule has 1 N–H and O–H groups in total. The number of rotatable bonds is 5. The Bertz CT molecular complexity index is 335. The van der Waals surface area contributed by atoms with E-state index in [1.165, 1.54) is 7.11 Å². The fraction of sp³-hybridized carbons (Fsp3) is 0.417. The van der Waals surface area contributed by atoms with Crippen LogP contribution in [0.4, 0.5) is 5.69 Å². The number of hydrogen-bond acceptors (Lipinski definition) is 4. The first-order chi connectivity index (χ1) is 7.65. The Morgan fingerprint density at radius 3 is 2.44 bits per heavy atom. The summed E-state index contributed by atoms with van der Waals surface area (Å²) < 4.78 is 9.65. The summed E-state index contributed by atoms with van der Waals surface area (Å²) in [7, 11) is 3.02. The van der Waals surface area contributed by atoms with E-state index in [4.69, 9.17) is 4.74 Å². The molecule has 0 fully saturated rings. The highest BCUT2D eigenvalue weighted by molar-refractivity contribution is 5.70. The van der Waals surface area contributed by atoms with Gasteiger partial charge < -0.3 is 14.8 Å². The van der Waals surface area contributed by atoms with Crippen molar-refractivity contribution in [2.24, 2.45) is 0 Å². The van der Waals surface area contributed by atoms with E-state index in [9.17, 15) is 4.79 Å². The molecule has 0 aliphatic rings. The van der Waals surface area contributed by atoms with Crippen LogP contribution in [-0.4, -0.2) is 26.2 Å². The van der Waals surface area contributed by atoms with Crippen LogP contribution in [0.25, 0.3) is 0 Å². The fourth-order valence-corrected chi connectivity index (χ4v) is 1.36. The number of methoxy groups -OCH3 is 2. The molecule has 1 atom stereocenters. The smallest absolute Gasteiger partial charge is 0.307 e. The first-order valence-corrected chi connectivity index (χ1v) is 5.13. The number of carbonyl (C=O) groups is 1. The minimum atomic E-state index is -0.214. The van der Waals surface area contributed by atoms with Crippen LogP contribution in [0.3, 0.4) is 0 Å². The highest BCUT2D eigenvalue weighted by Crippen LogP contribution is 2.16. The van der Waals surface area contributed by atoms with Crippen LogP contribution in [0, 0.1) is 0 Å². The van der Waals surface area contributed by atoms with Gasteiger partial charge in [0.15, 0.2) is 0 Å². The van der Waals surface area contributed by atoms with Gasteiger partial charge in [0.05, 0.1) is 20.6 Å². The lowest BCUT2D eigenvalue weighted by Crippen LogP contribution is -2.20. The normalized spacial score (nSPS) is 11.7. The van der Waals surface area contributed by atoms with E-state index in [1.54, 1.807) is 7.11 Å². The highest BCUT2D eigenvalue weighted by Gasteiger charge is 2.08. The summed E-state index contributed by atoms with van der Waals surface area (Å²) in [5, 5.41) is 3.20.